The molecule has 2 N–H and O–H groups in total. The quantitative estimate of drug-likeness (QED) is 0.770. The van der Waals surface area contributed by atoms with Gasteiger partial charge in [0.2, 0.25) is 0 Å². The first kappa shape index (κ1) is 17.3. The van der Waals surface area contributed by atoms with Gasteiger partial charge in [-0.2, -0.15) is 0 Å². The Morgan fingerprint density at radius 2 is 1.96 bits per heavy atom. The number of fused-ring (bicyclic) bond motifs is 1. The van der Waals surface area contributed by atoms with Gasteiger partial charge in [-0.25, -0.2) is 0 Å². The van der Waals surface area contributed by atoms with Gasteiger partial charge >= 0.3 is 0 Å². The van der Waals surface area contributed by atoms with Gasteiger partial charge < -0.3 is 14.8 Å². The van der Waals surface area contributed by atoms with Gasteiger partial charge in [-0.05, 0) is 30.9 Å². The zero-order valence-electron chi connectivity index (χ0n) is 13.7. The first-order valence-corrected chi connectivity index (χ1v) is 8.51. The lowest BCUT2D eigenvalue weighted by atomic mass is 9.75. The molecule has 0 spiro atoms. The normalized spacial score (nSPS) is 19.0. The number of hydrogen-bond acceptors (Lipinski definition) is 3. The third kappa shape index (κ3) is 3.06. The Hall–Kier alpha value is -1.49. The van der Waals surface area contributed by atoms with Crippen molar-refractivity contribution in [1.29, 1.82) is 0 Å². The first-order chi connectivity index (χ1) is 11.2. The average Bonchev–Trinajstić information content (AvgIpc) is 2.78. The average molecular weight is 368 g/mol. The smallest absolute Gasteiger partial charge is 0.291 e. The van der Waals surface area contributed by atoms with Gasteiger partial charge in [0.05, 0.1) is 21.8 Å². The van der Waals surface area contributed by atoms with Gasteiger partial charge in [0, 0.05) is 17.5 Å². The predicted octanol–water partition coefficient (Wildman–Crippen LogP) is 5.15. The Labute approximate surface area is 150 Å². The molecule has 1 aromatic heterocycles. The monoisotopic (exact) mass is 367 g/mol. The van der Waals surface area contributed by atoms with Crippen molar-refractivity contribution in [2.45, 2.75) is 39.7 Å². The fourth-order valence-corrected chi connectivity index (χ4v) is 3.78. The first-order valence-electron chi connectivity index (χ1n) is 7.75. The molecule has 1 aromatic carbocycles. The number of benzene rings is 1. The molecule has 6 heteroatoms. The Balaban J connectivity index is 1.95. The van der Waals surface area contributed by atoms with Gasteiger partial charge in [-0.15, -0.1) is 0 Å². The number of carbonyl (C=O) groups is 1. The maximum absolute atomic E-state index is 12.6. The van der Waals surface area contributed by atoms with Gasteiger partial charge in [0.1, 0.15) is 5.76 Å². The maximum Gasteiger partial charge on any atom is 0.291 e. The van der Waals surface area contributed by atoms with Crippen molar-refractivity contribution in [1.82, 2.24) is 0 Å². The molecule has 0 saturated carbocycles. The van der Waals surface area contributed by atoms with Crippen LogP contribution in [0.2, 0.25) is 10.0 Å². The standard InChI is InChI=1S/C18H19Cl2NO3/c1-9-14-12(22)7-18(2,3)8-13(14)24-16(9)17(23)21-15-10(19)5-4-6-11(15)20/h4-6,12,22H,7-8H2,1-3H3,(H,21,23). The molecule has 0 fully saturated rings. The van der Waals surface area contributed by atoms with Gasteiger partial charge in [0.15, 0.2) is 5.76 Å². The number of halogens is 2. The predicted molar refractivity (Wildman–Crippen MR) is 94.9 cm³/mol. The summed E-state index contributed by atoms with van der Waals surface area (Å²) >= 11 is 12.2. The van der Waals surface area contributed by atoms with Crippen LogP contribution in [0.15, 0.2) is 22.6 Å². The number of nitrogens with one attached hydrogen (secondary N) is 1. The summed E-state index contributed by atoms with van der Waals surface area (Å²) in [5, 5.41) is 13.8. The van der Waals surface area contributed by atoms with Crippen LogP contribution in [0.25, 0.3) is 0 Å². The summed E-state index contributed by atoms with van der Waals surface area (Å²) < 4.78 is 5.80. The molecule has 4 nitrogen and oxygen atoms in total. The highest BCUT2D eigenvalue weighted by Gasteiger charge is 2.37. The topological polar surface area (TPSA) is 62.5 Å². The molecule has 1 aliphatic carbocycles. The van der Waals surface area contributed by atoms with Crippen LogP contribution in [0.1, 0.15) is 53.8 Å². The summed E-state index contributed by atoms with van der Waals surface area (Å²) in [6.45, 7) is 5.92. The van der Waals surface area contributed by atoms with Crippen molar-refractivity contribution in [3.63, 3.8) is 0 Å². The van der Waals surface area contributed by atoms with E-state index >= 15 is 0 Å². The van der Waals surface area contributed by atoms with Crippen LogP contribution >= 0.6 is 23.2 Å². The van der Waals surface area contributed by atoms with Crippen molar-refractivity contribution < 1.29 is 14.3 Å². The SMILES string of the molecule is Cc1c(C(=O)Nc2c(Cl)cccc2Cl)oc2c1C(O)CC(C)(C)C2. The summed E-state index contributed by atoms with van der Waals surface area (Å²) in [4.78, 5) is 12.6. The second-order valence-corrected chi connectivity index (χ2v) is 7.82. The Morgan fingerprint density at radius 3 is 2.58 bits per heavy atom. The molecule has 24 heavy (non-hydrogen) atoms. The number of aliphatic hydroxyl groups excluding tert-OH is 1. The van der Waals surface area contributed by atoms with Crippen molar-refractivity contribution >= 4 is 34.8 Å². The van der Waals surface area contributed by atoms with Crippen LogP contribution in [0, 0.1) is 12.3 Å². The molecule has 128 valence electrons. The number of aliphatic hydroxyl groups is 1. The van der Waals surface area contributed by atoms with Crippen molar-refractivity contribution in [2.24, 2.45) is 5.41 Å². The summed E-state index contributed by atoms with van der Waals surface area (Å²) in [6, 6.07) is 5.00. The molecular weight excluding hydrogens is 349 g/mol. The zero-order valence-corrected chi connectivity index (χ0v) is 15.3. The third-order valence-corrected chi connectivity index (χ3v) is 5.03. The molecule has 3 rings (SSSR count). The highest BCUT2D eigenvalue weighted by Crippen LogP contribution is 2.44. The van der Waals surface area contributed by atoms with E-state index in [1.165, 1.54) is 0 Å². The molecular formula is C18H19Cl2NO3. The number of anilines is 1. The number of para-hydroxylation sites is 1. The van der Waals surface area contributed by atoms with E-state index in [-0.39, 0.29) is 11.2 Å². The number of hydrogen-bond donors (Lipinski definition) is 2. The molecule has 1 unspecified atom stereocenters. The van der Waals surface area contributed by atoms with Crippen LogP contribution in [-0.4, -0.2) is 11.0 Å². The van der Waals surface area contributed by atoms with Crippen LogP contribution in [0.4, 0.5) is 5.69 Å². The Morgan fingerprint density at radius 1 is 1.33 bits per heavy atom. The van der Waals surface area contributed by atoms with Gasteiger partial charge in [-0.1, -0.05) is 43.1 Å². The number of rotatable bonds is 2. The second kappa shape index (κ2) is 6.10. The molecule has 1 atom stereocenters. The van der Waals surface area contributed by atoms with E-state index in [9.17, 15) is 9.90 Å². The largest absolute Gasteiger partial charge is 0.455 e. The van der Waals surface area contributed by atoms with E-state index in [0.717, 1.165) is 5.56 Å². The Bertz CT molecular complexity index is 791. The third-order valence-electron chi connectivity index (χ3n) is 4.40. The minimum absolute atomic E-state index is 0.0729. The van der Waals surface area contributed by atoms with Crippen LogP contribution in [-0.2, 0) is 6.42 Å². The number of carbonyl (C=O) groups excluding carboxylic acids is 1. The van der Waals surface area contributed by atoms with E-state index in [1.54, 1.807) is 25.1 Å². The lowest BCUT2D eigenvalue weighted by Gasteiger charge is -2.31. The molecule has 2 aromatic rings. The van der Waals surface area contributed by atoms with E-state index in [1.807, 2.05) is 0 Å². The highest BCUT2D eigenvalue weighted by molar-refractivity contribution is 6.40. The molecule has 1 heterocycles. The molecule has 0 radical (unpaired) electrons. The molecule has 1 amide bonds. The molecule has 0 saturated heterocycles. The summed E-state index contributed by atoms with van der Waals surface area (Å²) in [7, 11) is 0. The van der Waals surface area contributed by atoms with Crippen molar-refractivity contribution in [3.8, 4) is 0 Å². The van der Waals surface area contributed by atoms with E-state index in [0.29, 0.717) is 39.9 Å². The van der Waals surface area contributed by atoms with Crippen molar-refractivity contribution in [3.05, 3.63) is 50.9 Å². The summed E-state index contributed by atoms with van der Waals surface area (Å²) in [5.74, 6) is 0.432. The minimum Gasteiger partial charge on any atom is -0.455 e. The van der Waals surface area contributed by atoms with Crippen LogP contribution in [0.3, 0.4) is 0 Å². The van der Waals surface area contributed by atoms with Crippen molar-refractivity contribution in [2.75, 3.05) is 5.32 Å². The Kier molecular flexibility index (Phi) is 4.41. The zero-order chi connectivity index (χ0) is 17.6. The fraction of sp³-hybridized carbons (Fsp3) is 0.389. The highest BCUT2D eigenvalue weighted by atomic mass is 35.5. The molecule has 0 aliphatic heterocycles. The molecule has 1 aliphatic rings. The summed E-state index contributed by atoms with van der Waals surface area (Å²) in [6.07, 6.45) is 0.691. The lowest BCUT2D eigenvalue weighted by molar-refractivity contribution is 0.0910. The fourth-order valence-electron chi connectivity index (χ4n) is 3.29. The van der Waals surface area contributed by atoms with E-state index in [4.69, 9.17) is 27.6 Å². The van der Waals surface area contributed by atoms with E-state index < -0.39 is 12.0 Å². The second-order valence-electron chi connectivity index (χ2n) is 7.00. The van der Waals surface area contributed by atoms with Gasteiger partial charge in [-0.3, -0.25) is 4.79 Å². The van der Waals surface area contributed by atoms with Crippen LogP contribution in [0.5, 0.6) is 0 Å². The maximum atomic E-state index is 12.6. The summed E-state index contributed by atoms with van der Waals surface area (Å²) in [5.41, 5.74) is 1.66. The van der Waals surface area contributed by atoms with Gasteiger partial charge in [0.25, 0.3) is 5.91 Å². The van der Waals surface area contributed by atoms with E-state index in [2.05, 4.69) is 19.2 Å². The minimum atomic E-state index is -0.627. The van der Waals surface area contributed by atoms with Crippen LogP contribution < -0.4 is 5.32 Å². The number of amides is 1. The molecule has 0 bridgehead atoms. The number of furan rings is 1. The lowest BCUT2D eigenvalue weighted by Crippen LogP contribution is -2.24.